The Hall–Kier alpha value is -0.610. The third-order valence-electron chi connectivity index (χ3n) is 3.05. The average molecular weight is 214 g/mol. The number of hydrogen-bond acceptors (Lipinski definition) is 4. The highest BCUT2D eigenvalue weighted by molar-refractivity contribution is 5.71. The van der Waals surface area contributed by atoms with Crippen LogP contribution in [0.25, 0.3) is 0 Å². The van der Waals surface area contributed by atoms with E-state index in [1.165, 1.54) is 0 Å². The fraction of sp³-hybridized carbons (Fsp3) is 0.909. The molecule has 0 aromatic heterocycles. The predicted octanol–water partition coefficient (Wildman–Crippen LogP) is 0.575. The zero-order chi connectivity index (χ0) is 11.5. The van der Waals surface area contributed by atoms with E-state index in [1.807, 2.05) is 6.92 Å². The van der Waals surface area contributed by atoms with Gasteiger partial charge in [0.05, 0.1) is 13.2 Å². The molecule has 0 amide bonds. The second kappa shape index (κ2) is 4.94. The Morgan fingerprint density at radius 2 is 2.07 bits per heavy atom. The molecule has 0 aliphatic carbocycles. The fourth-order valence-corrected chi connectivity index (χ4v) is 1.87. The normalized spacial score (nSPS) is 22.7. The summed E-state index contributed by atoms with van der Waals surface area (Å²) in [6.07, 6.45) is 0. The molecular weight excluding hydrogens is 192 g/mol. The SMILES string of the molecule is CCOC(=O)CN1CCN(C)C(C)(C)C1. The Kier molecular flexibility index (Phi) is 4.11. The van der Waals surface area contributed by atoms with Crippen molar-refractivity contribution in [1.29, 1.82) is 0 Å². The summed E-state index contributed by atoms with van der Waals surface area (Å²) in [7, 11) is 2.13. The van der Waals surface area contributed by atoms with Crippen LogP contribution in [0.5, 0.6) is 0 Å². The number of carbonyl (C=O) groups is 1. The largest absolute Gasteiger partial charge is 0.465 e. The van der Waals surface area contributed by atoms with Crippen LogP contribution in [0.1, 0.15) is 20.8 Å². The summed E-state index contributed by atoms with van der Waals surface area (Å²) in [5, 5.41) is 0. The van der Waals surface area contributed by atoms with Gasteiger partial charge in [-0.15, -0.1) is 0 Å². The van der Waals surface area contributed by atoms with Gasteiger partial charge in [0.2, 0.25) is 0 Å². The lowest BCUT2D eigenvalue weighted by Crippen LogP contribution is -2.58. The van der Waals surface area contributed by atoms with E-state index in [1.54, 1.807) is 0 Å². The number of carbonyl (C=O) groups excluding carboxylic acids is 1. The van der Waals surface area contributed by atoms with Crippen molar-refractivity contribution < 1.29 is 9.53 Å². The van der Waals surface area contributed by atoms with E-state index >= 15 is 0 Å². The molecule has 0 spiro atoms. The molecule has 0 radical (unpaired) electrons. The van der Waals surface area contributed by atoms with Crippen molar-refractivity contribution in [2.45, 2.75) is 26.3 Å². The van der Waals surface area contributed by atoms with Crippen LogP contribution in [0.3, 0.4) is 0 Å². The molecule has 0 saturated carbocycles. The van der Waals surface area contributed by atoms with Crippen LogP contribution < -0.4 is 0 Å². The molecule has 1 rings (SSSR count). The molecule has 1 heterocycles. The molecule has 0 atom stereocenters. The van der Waals surface area contributed by atoms with E-state index < -0.39 is 0 Å². The van der Waals surface area contributed by atoms with Crippen LogP contribution >= 0.6 is 0 Å². The highest BCUT2D eigenvalue weighted by Crippen LogP contribution is 2.18. The van der Waals surface area contributed by atoms with Gasteiger partial charge in [0.1, 0.15) is 0 Å². The van der Waals surface area contributed by atoms with Gasteiger partial charge in [-0.05, 0) is 27.8 Å². The third-order valence-corrected chi connectivity index (χ3v) is 3.05. The van der Waals surface area contributed by atoms with Gasteiger partial charge >= 0.3 is 5.97 Å². The molecule has 0 N–H and O–H groups in total. The maximum atomic E-state index is 11.3. The first-order valence-electron chi connectivity index (χ1n) is 5.55. The van der Waals surface area contributed by atoms with E-state index in [-0.39, 0.29) is 11.5 Å². The first-order valence-corrected chi connectivity index (χ1v) is 5.55. The minimum Gasteiger partial charge on any atom is -0.465 e. The third kappa shape index (κ3) is 3.47. The zero-order valence-corrected chi connectivity index (χ0v) is 10.2. The Labute approximate surface area is 92.2 Å². The fourth-order valence-electron chi connectivity index (χ4n) is 1.87. The van der Waals surface area contributed by atoms with E-state index in [2.05, 4.69) is 30.7 Å². The van der Waals surface area contributed by atoms with Crippen LogP contribution in [0.15, 0.2) is 0 Å². The lowest BCUT2D eigenvalue weighted by molar-refractivity contribution is -0.145. The minimum atomic E-state index is -0.113. The molecule has 4 nitrogen and oxygen atoms in total. The van der Waals surface area contributed by atoms with Crippen molar-refractivity contribution in [2.24, 2.45) is 0 Å². The van der Waals surface area contributed by atoms with Gasteiger partial charge in [-0.25, -0.2) is 0 Å². The highest BCUT2D eigenvalue weighted by atomic mass is 16.5. The Balaban J connectivity index is 2.42. The van der Waals surface area contributed by atoms with E-state index in [0.29, 0.717) is 13.2 Å². The Morgan fingerprint density at radius 1 is 1.40 bits per heavy atom. The summed E-state index contributed by atoms with van der Waals surface area (Å²) in [6.45, 7) is 10.00. The average Bonchev–Trinajstić information content (AvgIpc) is 2.11. The van der Waals surface area contributed by atoms with Gasteiger partial charge in [0.25, 0.3) is 0 Å². The van der Waals surface area contributed by atoms with Gasteiger partial charge < -0.3 is 4.74 Å². The first-order chi connectivity index (χ1) is 6.95. The summed E-state index contributed by atoms with van der Waals surface area (Å²) in [5.74, 6) is -0.113. The monoisotopic (exact) mass is 214 g/mol. The molecule has 4 heteroatoms. The summed E-state index contributed by atoms with van der Waals surface area (Å²) in [4.78, 5) is 15.8. The maximum absolute atomic E-state index is 11.3. The molecule has 0 aromatic rings. The van der Waals surface area contributed by atoms with E-state index in [4.69, 9.17) is 4.74 Å². The predicted molar refractivity (Wildman–Crippen MR) is 59.8 cm³/mol. The van der Waals surface area contributed by atoms with E-state index in [9.17, 15) is 4.79 Å². The smallest absolute Gasteiger partial charge is 0.320 e. The number of esters is 1. The summed E-state index contributed by atoms with van der Waals surface area (Å²) < 4.78 is 4.95. The standard InChI is InChI=1S/C11H22N2O2/c1-5-15-10(14)8-13-7-6-12(4)11(2,3)9-13/h5-9H2,1-4H3. The second-order valence-corrected chi connectivity index (χ2v) is 4.75. The van der Waals surface area contributed by atoms with Crippen molar-refractivity contribution in [1.82, 2.24) is 9.80 Å². The van der Waals surface area contributed by atoms with Gasteiger partial charge in [0, 0.05) is 25.2 Å². The van der Waals surface area contributed by atoms with Gasteiger partial charge in [-0.3, -0.25) is 14.6 Å². The summed E-state index contributed by atoms with van der Waals surface area (Å²) >= 11 is 0. The molecule has 0 bridgehead atoms. The molecule has 15 heavy (non-hydrogen) atoms. The van der Waals surface area contributed by atoms with Crippen LogP contribution in [0.4, 0.5) is 0 Å². The molecule has 1 fully saturated rings. The van der Waals surface area contributed by atoms with Crippen molar-refractivity contribution in [3.63, 3.8) is 0 Å². The number of likely N-dealkylation sites (N-methyl/N-ethyl adjacent to an activating group) is 1. The maximum Gasteiger partial charge on any atom is 0.320 e. The first kappa shape index (κ1) is 12.5. The molecule has 1 aliphatic rings. The quantitative estimate of drug-likeness (QED) is 0.643. The van der Waals surface area contributed by atoms with Gasteiger partial charge in [-0.1, -0.05) is 0 Å². The number of ether oxygens (including phenoxy) is 1. The Morgan fingerprint density at radius 3 is 2.60 bits per heavy atom. The van der Waals surface area contributed by atoms with E-state index in [0.717, 1.165) is 19.6 Å². The lowest BCUT2D eigenvalue weighted by atomic mass is 10.00. The Bertz CT molecular complexity index is 229. The molecule has 0 unspecified atom stereocenters. The van der Waals surface area contributed by atoms with Crippen LogP contribution in [0, 0.1) is 0 Å². The van der Waals surface area contributed by atoms with Crippen LogP contribution in [-0.4, -0.2) is 61.1 Å². The second-order valence-electron chi connectivity index (χ2n) is 4.75. The molecular formula is C11H22N2O2. The van der Waals surface area contributed by atoms with Gasteiger partial charge in [-0.2, -0.15) is 0 Å². The van der Waals surface area contributed by atoms with Crippen molar-refractivity contribution in [3.05, 3.63) is 0 Å². The molecule has 1 aliphatic heterocycles. The molecule has 1 saturated heterocycles. The lowest BCUT2D eigenvalue weighted by Gasteiger charge is -2.44. The van der Waals surface area contributed by atoms with Crippen molar-refractivity contribution >= 4 is 5.97 Å². The zero-order valence-electron chi connectivity index (χ0n) is 10.2. The number of piperazine rings is 1. The molecule has 0 aromatic carbocycles. The van der Waals surface area contributed by atoms with Crippen molar-refractivity contribution in [3.8, 4) is 0 Å². The summed E-state index contributed by atoms with van der Waals surface area (Å²) in [5.41, 5.74) is 0.144. The molecule has 88 valence electrons. The topological polar surface area (TPSA) is 32.8 Å². The minimum absolute atomic E-state index is 0.113. The summed E-state index contributed by atoms with van der Waals surface area (Å²) in [6, 6.07) is 0. The van der Waals surface area contributed by atoms with Crippen LogP contribution in [-0.2, 0) is 9.53 Å². The number of nitrogens with zero attached hydrogens (tertiary/aromatic N) is 2. The van der Waals surface area contributed by atoms with Crippen LogP contribution in [0.2, 0.25) is 0 Å². The number of hydrogen-bond donors (Lipinski definition) is 0. The number of rotatable bonds is 3. The van der Waals surface area contributed by atoms with Crippen molar-refractivity contribution in [2.75, 3.05) is 39.8 Å². The highest BCUT2D eigenvalue weighted by Gasteiger charge is 2.31. The van der Waals surface area contributed by atoms with Gasteiger partial charge in [0.15, 0.2) is 0 Å².